The normalized spacial score (nSPS) is 24.4. The first kappa shape index (κ1) is 13.3. The summed E-state index contributed by atoms with van der Waals surface area (Å²) in [6, 6.07) is 0. The Hall–Kier alpha value is -0.160. The Bertz CT molecular complexity index is 221. The van der Waals surface area contributed by atoms with Gasteiger partial charge < -0.3 is 19.9 Å². The lowest BCUT2D eigenvalue weighted by atomic mass is 9.80. The summed E-state index contributed by atoms with van der Waals surface area (Å²) in [6.07, 6.45) is 5.70. The second-order valence-corrected chi connectivity index (χ2v) is 5.51. The molecule has 0 heterocycles. The molecule has 2 fully saturated rings. The molecule has 0 aromatic rings. The highest BCUT2D eigenvalue weighted by Crippen LogP contribution is 2.34. The van der Waals surface area contributed by atoms with Gasteiger partial charge in [0, 0.05) is 26.8 Å². The molecule has 0 saturated heterocycles. The molecule has 1 atom stereocenters. The number of nitrogens with one attached hydrogen (secondary N) is 1. The van der Waals surface area contributed by atoms with Crippen LogP contribution in [0.1, 0.15) is 32.1 Å². The summed E-state index contributed by atoms with van der Waals surface area (Å²) in [5.41, 5.74) is 0.0363. The molecule has 1 unspecified atom stereocenters. The molecule has 4 heteroatoms. The van der Waals surface area contributed by atoms with E-state index in [1.807, 2.05) is 0 Å². The fourth-order valence-corrected chi connectivity index (χ4v) is 2.20. The van der Waals surface area contributed by atoms with Crippen molar-refractivity contribution >= 4 is 0 Å². The van der Waals surface area contributed by atoms with E-state index in [0.717, 1.165) is 31.9 Å². The number of methoxy groups -OCH3 is 1. The Morgan fingerprint density at radius 1 is 1.41 bits per heavy atom. The maximum absolute atomic E-state index is 9.71. The molecule has 0 radical (unpaired) electrons. The SMILES string of the molecule is COC1(CNCC(O)COCC2CC2)CCC1. The van der Waals surface area contributed by atoms with Crippen molar-refractivity contribution in [3.05, 3.63) is 0 Å². The van der Waals surface area contributed by atoms with Gasteiger partial charge in [-0.05, 0) is 38.0 Å². The van der Waals surface area contributed by atoms with Gasteiger partial charge in [0.05, 0.1) is 18.3 Å². The van der Waals surface area contributed by atoms with Gasteiger partial charge in [-0.15, -0.1) is 0 Å². The van der Waals surface area contributed by atoms with E-state index in [1.165, 1.54) is 19.3 Å². The van der Waals surface area contributed by atoms with Crippen molar-refractivity contribution in [1.29, 1.82) is 0 Å². The summed E-state index contributed by atoms with van der Waals surface area (Å²) in [6.45, 7) is 2.70. The minimum Gasteiger partial charge on any atom is -0.389 e. The first-order valence-electron chi connectivity index (χ1n) is 6.76. The molecule has 4 nitrogen and oxygen atoms in total. The fraction of sp³-hybridized carbons (Fsp3) is 1.00. The molecule has 2 rings (SSSR count). The number of rotatable bonds is 9. The van der Waals surface area contributed by atoms with Crippen LogP contribution in [0.3, 0.4) is 0 Å². The van der Waals surface area contributed by atoms with Crippen molar-refractivity contribution in [3.63, 3.8) is 0 Å². The van der Waals surface area contributed by atoms with E-state index < -0.39 is 6.10 Å². The van der Waals surface area contributed by atoms with Crippen LogP contribution < -0.4 is 5.32 Å². The van der Waals surface area contributed by atoms with E-state index in [-0.39, 0.29) is 5.60 Å². The van der Waals surface area contributed by atoms with Crippen LogP contribution >= 0.6 is 0 Å². The van der Waals surface area contributed by atoms with Crippen LogP contribution in [0.5, 0.6) is 0 Å². The lowest BCUT2D eigenvalue weighted by Gasteiger charge is -2.40. The standard InChI is InChI=1S/C13H25NO3/c1-16-13(5-2-6-13)10-14-7-12(15)9-17-8-11-3-4-11/h11-12,14-15H,2-10H2,1H3. The number of aliphatic hydroxyl groups is 1. The first-order valence-corrected chi connectivity index (χ1v) is 6.76. The maximum Gasteiger partial charge on any atom is 0.0897 e. The second kappa shape index (κ2) is 6.14. The molecule has 0 aromatic heterocycles. The fourth-order valence-electron chi connectivity index (χ4n) is 2.20. The van der Waals surface area contributed by atoms with Crippen LogP contribution in [0, 0.1) is 5.92 Å². The van der Waals surface area contributed by atoms with E-state index in [9.17, 15) is 5.11 Å². The third-order valence-corrected chi connectivity index (χ3v) is 3.89. The highest BCUT2D eigenvalue weighted by Gasteiger charge is 2.36. The van der Waals surface area contributed by atoms with E-state index in [2.05, 4.69) is 5.32 Å². The van der Waals surface area contributed by atoms with E-state index in [0.29, 0.717) is 13.2 Å². The summed E-state index contributed by atoms with van der Waals surface area (Å²) in [5.74, 6) is 0.766. The molecule has 100 valence electrons. The molecule has 0 bridgehead atoms. The minimum atomic E-state index is -0.400. The van der Waals surface area contributed by atoms with E-state index in [4.69, 9.17) is 9.47 Å². The van der Waals surface area contributed by atoms with Gasteiger partial charge in [0.15, 0.2) is 0 Å². The van der Waals surface area contributed by atoms with E-state index >= 15 is 0 Å². The van der Waals surface area contributed by atoms with Crippen molar-refractivity contribution in [1.82, 2.24) is 5.32 Å². The Morgan fingerprint density at radius 2 is 2.18 bits per heavy atom. The highest BCUT2D eigenvalue weighted by molar-refractivity contribution is 4.91. The number of aliphatic hydroxyl groups excluding tert-OH is 1. The molecule has 0 amide bonds. The molecule has 2 saturated carbocycles. The largest absolute Gasteiger partial charge is 0.389 e. The molecule has 0 spiro atoms. The molecule has 17 heavy (non-hydrogen) atoms. The maximum atomic E-state index is 9.71. The molecule has 2 aliphatic rings. The third-order valence-electron chi connectivity index (χ3n) is 3.89. The van der Waals surface area contributed by atoms with Gasteiger partial charge in [-0.25, -0.2) is 0 Å². The smallest absolute Gasteiger partial charge is 0.0897 e. The van der Waals surface area contributed by atoms with Crippen molar-refractivity contribution in [2.75, 3.05) is 33.4 Å². The van der Waals surface area contributed by atoms with Crippen molar-refractivity contribution in [2.45, 2.75) is 43.8 Å². The second-order valence-electron chi connectivity index (χ2n) is 5.51. The third kappa shape index (κ3) is 4.21. The van der Waals surface area contributed by atoms with Gasteiger partial charge in [0.1, 0.15) is 0 Å². The van der Waals surface area contributed by atoms with Crippen molar-refractivity contribution in [3.8, 4) is 0 Å². The van der Waals surface area contributed by atoms with Crippen LogP contribution in [-0.2, 0) is 9.47 Å². The van der Waals surface area contributed by atoms with Gasteiger partial charge in [-0.3, -0.25) is 0 Å². The summed E-state index contributed by atoms with van der Waals surface area (Å²) >= 11 is 0. The molecular formula is C13H25NO3. The summed E-state index contributed by atoms with van der Waals surface area (Å²) in [7, 11) is 1.77. The minimum absolute atomic E-state index is 0.0363. The Kier molecular flexibility index (Phi) is 4.79. The average Bonchev–Trinajstić information content (AvgIpc) is 3.06. The Labute approximate surface area is 104 Å². The van der Waals surface area contributed by atoms with Crippen LogP contribution in [0.25, 0.3) is 0 Å². The lowest BCUT2D eigenvalue weighted by Crippen LogP contribution is -2.49. The van der Waals surface area contributed by atoms with Crippen LogP contribution in [0.2, 0.25) is 0 Å². The van der Waals surface area contributed by atoms with Gasteiger partial charge >= 0.3 is 0 Å². The molecule has 0 aliphatic heterocycles. The van der Waals surface area contributed by atoms with E-state index in [1.54, 1.807) is 7.11 Å². The van der Waals surface area contributed by atoms with Crippen LogP contribution in [-0.4, -0.2) is 50.2 Å². The number of ether oxygens (including phenoxy) is 2. The van der Waals surface area contributed by atoms with Gasteiger partial charge in [0.2, 0.25) is 0 Å². The zero-order chi connectivity index (χ0) is 12.1. The monoisotopic (exact) mass is 243 g/mol. The number of hydrogen-bond acceptors (Lipinski definition) is 4. The molecular weight excluding hydrogens is 218 g/mol. The zero-order valence-corrected chi connectivity index (χ0v) is 10.8. The Morgan fingerprint density at radius 3 is 2.71 bits per heavy atom. The van der Waals surface area contributed by atoms with Gasteiger partial charge in [0.25, 0.3) is 0 Å². The van der Waals surface area contributed by atoms with Crippen molar-refractivity contribution < 1.29 is 14.6 Å². The van der Waals surface area contributed by atoms with Crippen LogP contribution in [0.4, 0.5) is 0 Å². The quantitative estimate of drug-likeness (QED) is 0.632. The predicted molar refractivity (Wildman–Crippen MR) is 66.0 cm³/mol. The highest BCUT2D eigenvalue weighted by atomic mass is 16.5. The number of hydrogen-bond donors (Lipinski definition) is 2. The lowest BCUT2D eigenvalue weighted by molar-refractivity contribution is -0.0712. The summed E-state index contributed by atoms with van der Waals surface area (Å²) in [5, 5.41) is 13.0. The van der Waals surface area contributed by atoms with Crippen molar-refractivity contribution in [2.24, 2.45) is 5.92 Å². The summed E-state index contributed by atoms with van der Waals surface area (Å²) < 4.78 is 10.9. The molecule has 0 aromatic carbocycles. The summed E-state index contributed by atoms with van der Waals surface area (Å²) in [4.78, 5) is 0. The Balaban J connectivity index is 1.48. The van der Waals surface area contributed by atoms with Gasteiger partial charge in [-0.1, -0.05) is 0 Å². The molecule has 2 aliphatic carbocycles. The van der Waals surface area contributed by atoms with Crippen LogP contribution in [0.15, 0.2) is 0 Å². The van der Waals surface area contributed by atoms with Gasteiger partial charge in [-0.2, -0.15) is 0 Å². The topological polar surface area (TPSA) is 50.7 Å². The zero-order valence-electron chi connectivity index (χ0n) is 10.8. The predicted octanol–water partition coefficient (Wildman–Crippen LogP) is 0.933. The molecule has 2 N–H and O–H groups in total. The average molecular weight is 243 g/mol. The first-order chi connectivity index (χ1) is 8.24.